The Hall–Kier alpha value is -2.86. The van der Waals surface area contributed by atoms with Crippen molar-refractivity contribution in [3.8, 4) is 5.75 Å². The van der Waals surface area contributed by atoms with Gasteiger partial charge in [0.25, 0.3) is 0 Å². The number of nitrogen functional groups attached to an aromatic ring is 1. The molecule has 1 saturated heterocycles. The van der Waals surface area contributed by atoms with Crippen LogP contribution >= 0.6 is 7.60 Å². The second kappa shape index (κ2) is 11.7. The summed E-state index contributed by atoms with van der Waals surface area (Å²) in [7, 11) is -4.26. The molecule has 1 fully saturated rings. The van der Waals surface area contributed by atoms with Crippen molar-refractivity contribution in [1.82, 2.24) is 9.55 Å². The third-order valence-electron chi connectivity index (χ3n) is 6.07. The zero-order valence-electron chi connectivity index (χ0n) is 22.3. The molecular formula is C25H34F2N3O8P. The van der Waals surface area contributed by atoms with Crippen LogP contribution in [0.15, 0.2) is 47.4 Å². The van der Waals surface area contributed by atoms with Crippen molar-refractivity contribution in [2.45, 2.75) is 70.4 Å². The van der Waals surface area contributed by atoms with Crippen LogP contribution in [0.4, 0.5) is 14.6 Å². The molecule has 2 aromatic rings. The number of aliphatic hydroxyl groups is 1. The van der Waals surface area contributed by atoms with Gasteiger partial charge in [0.1, 0.15) is 36.1 Å². The van der Waals surface area contributed by atoms with E-state index in [0.717, 1.165) is 6.20 Å². The second-order valence-electron chi connectivity index (χ2n) is 10.2. The fraction of sp³-hybridized carbons (Fsp3) is 0.560. The zero-order valence-corrected chi connectivity index (χ0v) is 23.2. The number of hydrogen-bond acceptors (Lipinski definition) is 10. The predicted molar refractivity (Wildman–Crippen MR) is 138 cm³/mol. The quantitative estimate of drug-likeness (QED) is 0.302. The summed E-state index contributed by atoms with van der Waals surface area (Å²) in [5.41, 5.74) is -0.426. The smallest absolute Gasteiger partial charge is 0.380 e. The van der Waals surface area contributed by atoms with Crippen molar-refractivity contribution in [1.29, 1.82) is 0 Å². The summed E-state index contributed by atoms with van der Waals surface area (Å²) in [6, 6.07) is 9.20. The lowest BCUT2D eigenvalue weighted by Crippen LogP contribution is -2.51. The van der Waals surface area contributed by atoms with Crippen molar-refractivity contribution in [3.05, 3.63) is 53.1 Å². The minimum absolute atomic E-state index is 0.149. The van der Waals surface area contributed by atoms with E-state index in [9.17, 15) is 23.7 Å². The molecule has 6 atom stereocenters. The number of esters is 1. The maximum Gasteiger partial charge on any atom is 0.380 e. The van der Waals surface area contributed by atoms with Crippen molar-refractivity contribution in [2.75, 3.05) is 18.6 Å². The number of ether oxygens (including phenoxy) is 2. The lowest BCUT2D eigenvalue weighted by atomic mass is 9.89. The van der Waals surface area contributed by atoms with Crippen LogP contribution in [0, 0.1) is 5.92 Å². The summed E-state index contributed by atoms with van der Waals surface area (Å²) in [6.45, 7) is 5.76. The molecule has 0 radical (unpaired) electrons. The molecule has 3 rings (SSSR count). The molecule has 1 aliphatic rings. The van der Waals surface area contributed by atoms with Gasteiger partial charge in [0, 0.05) is 6.20 Å². The topological polar surface area (TPSA) is 152 Å². The molecule has 1 aliphatic heterocycles. The molecule has 0 spiro atoms. The number of rotatable bonds is 11. The molecule has 0 saturated carbocycles. The van der Waals surface area contributed by atoms with Gasteiger partial charge in [-0.25, -0.2) is 18.1 Å². The van der Waals surface area contributed by atoms with E-state index >= 15 is 4.39 Å². The molecule has 0 aliphatic carbocycles. The summed E-state index contributed by atoms with van der Waals surface area (Å²) in [6.07, 6.45) is -5.54. The van der Waals surface area contributed by atoms with Gasteiger partial charge in [0.15, 0.2) is 6.23 Å². The van der Waals surface area contributed by atoms with Crippen LogP contribution < -0.4 is 15.9 Å². The Balaban J connectivity index is 1.95. The first-order valence-electron chi connectivity index (χ1n) is 12.3. The molecule has 1 aromatic carbocycles. The number of carbonyl (C=O) groups excluding carboxylic acids is 1. The van der Waals surface area contributed by atoms with E-state index in [4.69, 9.17) is 24.3 Å². The Labute approximate surface area is 224 Å². The normalized spacial score (nSPS) is 25.7. The summed E-state index contributed by atoms with van der Waals surface area (Å²) >= 11 is 0. The Morgan fingerprint density at radius 2 is 1.92 bits per heavy atom. The van der Waals surface area contributed by atoms with Gasteiger partial charge in [0.05, 0.1) is 18.2 Å². The largest absolute Gasteiger partial charge is 0.463 e. The van der Waals surface area contributed by atoms with Gasteiger partial charge in [-0.1, -0.05) is 25.1 Å². The molecule has 0 bridgehead atoms. The highest BCUT2D eigenvalue weighted by molar-refractivity contribution is 7.54. The molecular weight excluding hydrogens is 539 g/mol. The number of aromatic nitrogens is 2. The van der Waals surface area contributed by atoms with Crippen molar-refractivity contribution >= 4 is 19.4 Å². The monoisotopic (exact) mass is 573 g/mol. The Bertz CT molecular complexity index is 1260. The Morgan fingerprint density at radius 3 is 2.49 bits per heavy atom. The molecule has 11 nitrogen and oxygen atoms in total. The number of alkyl halides is 2. The van der Waals surface area contributed by atoms with E-state index in [1.807, 2.05) is 0 Å². The SMILES string of the molecule is CC(C)OC(=O)[C@H](C)C[P@@](=O)(Oc1ccccc1)OC(C)(C)[C@H]1O[C@@H](n2ccc(N)nc2=O)C(F)(CF)[C@H]1O. The van der Waals surface area contributed by atoms with E-state index < -0.39 is 73.8 Å². The van der Waals surface area contributed by atoms with Crippen LogP contribution in [0.25, 0.3) is 0 Å². The van der Waals surface area contributed by atoms with Gasteiger partial charge >= 0.3 is 19.3 Å². The van der Waals surface area contributed by atoms with Crippen molar-refractivity contribution < 1.29 is 41.8 Å². The fourth-order valence-corrected chi connectivity index (χ4v) is 6.49. The first kappa shape index (κ1) is 30.7. The van der Waals surface area contributed by atoms with Crippen molar-refractivity contribution in [2.24, 2.45) is 5.92 Å². The maximum atomic E-state index is 15.9. The third-order valence-corrected chi connectivity index (χ3v) is 8.31. The van der Waals surface area contributed by atoms with Crippen LogP contribution in [-0.2, 0) is 23.4 Å². The molecule has 39 heavy (non-hydrogen) atoms. The minimum atomic E-state index is -4.26. The lowest BCUT2D eigenvalue weighted by Gasteiger charge is -2.36. The average molecular weight is 574 g/mol. The maximum absolute atomic E-state index is 15.9. The van der Waals surface area contributed by atoms with Crippen LogP contribution in [0.5, 0.6) is 5.75 Å². The first-order valence-corrected chi connectivity index (χ1v) is 14.0. The van der Waals surface area contributed by atoms with Crippen molar-refractivity contribution in [3.63, 3.8) is 0 Å². The number of nitrogens with two attached hydrogens (primary N) is 1. The zero-order chi connectivity index (χ0) is 29.2. The molecule has 1 aromatic heterocycles. The number of halogens is 2. The van der Waals surface area contributed by atoms with E-state index in [1.165, 1.54) is 39.0 Å². The standard InChI is InChI=1S/C25H34F2N3O8P/c1-15(2)35-21(32)16(3)13-39(34,37-17-9-7-6-8-10-17)38-24(4,5)20-19(31)25(27,14-26)22(36-20)30-12-11-18(28)29-23(30)33/h6-12,15-16,19-20,22,31H,13-14H2,1-5H3,(H2,28,29,33)/t16-,19+,20+,22-,25?,39-/m1/s1. The molecule has 0 amide bonds. The summed E-state index contributed by atoms with van der Waals surface area (Å²) in [5.74, 6) is -1.57. The highest BCUT2D eigenvalue weighted by atomic mass is 31.2. The second-order valence-corrected chi connectivity index (χ2v) is 12.2. The van der Waals surface area contributed by atoms with Crippen LogP contribution in [0.1, 0.15) is 40.8 Å². The summed E-state index contributed by atoms with van der Waals surface area (Å²) < 4.78 is 67.2. The van der Waals surface area contributed by atoms with Gasteiger partial charge in [0.2, 0.25) is 5.67 Å². The highest BCUT2D eigenvalue weighted by Crippen LogP contribution is 2.56. The number of hydrogen-bond donors (Lipinski definition) is 2. The van der Waals surface area contributed by atoms with Gasteiger partial charge in [-0.2, -0.15) is 4.98 Å². The van der Waals surface area contributed by atoms with E-state index in [2.05, 4.69) is 4.98 Å². The lowest BCUT2D eigenvalue weighted by molar-refractivity contribution is -0.151. The predicted octanol–water partition coefficient (Wildman–Crippen LogP) is 3.42. The van der Waals surface area contributed by atoms with Gasteiger partial charge < -0.3 is 24.8 Å². The number of anilines is 1. The summed E-state index contributed by atoms with van der Waals surface area (Å²) in [5, 5.41) is 10.9. The molecule has 3 N–H and O–H groups in total. The molecule has 14 heteroatoms. The van der Waals surface area contributed by atoms with E-state index in [-0.39, 0.29) is 11.6 Å². The minimum Gasteiger partial charge on any atom is -0.463 e. The Kier molecular flexibility index (Phi) is 9.21. The molecule has 1 unspecified atom stereocenters. The number of carbonyl (C=O) groups is 1. The van der Waals surface area contributed by atoms with Crippen LogP contribution in [0.2, 0.25) is 0 Å². The average Bonchev–Trinajstić information content (AvgIpc) is 3.10. The summed E-state index contributed by atoms with van der Waals surface area (Å²) in [4.78, 5) is 28.3. The van der Waals surface area contributed by atoms with Gasteiger partial charge in [-0.15, -0.1) is 0 Å². The van der Waals surface area contributed by atoms with E-state index in [1.54, 1.807) is 32.0 Å². The number of benzene rings is 1. The highest BCUT2D eigenvalue weighted by Gasteiger charge is 2.63. The number of aliphatic hydroxyl groups excluding tert-OH is 1. The Morgan fingerprint density at radius 1 is 1.28 bits per heavy atom. The number of nitrogens with zero attached hydrogens (tertiary/aromatic N) is 2. The third kappa shape index (κ3) is 6.84. The molecule has 216 valence electrons. The molecule has 2 heterocycles. The van der Waals surface area contributed by atoms with Crippen LogP contribution in [0.3, 0.4) is 0 Å². The first-order chi connectivity index (χ1) is 18.1. The fourth-order valence-electron chi connectivity index (χ4n) is 4.22. The van der Waals surface area contributed by atoms with E-state index in [0.29, 0.717) is 4.57 Å². The van der Waals surface area contributed by atoms with Gasteiger partial charge in [-0.05, 0) is 45.9 Å². The number of para-hydroxylation sites is 1. The van der Waals surface area contributed by atoms with Gasteiger partial charge in [-0.3, -0.25) is 13.9 Å². The van der Waals surface area contributed by atoms with Crippen LogP contribution in [-0.4, -0.2) is 63.0 Å².